The molecule has 0 bridgehead atoms. The van der Waals surface area contributed by atoms with Crippen molar-refractivity contribution in [2.24, 2.45) is 5.92 Å². The van der Waals surface area contributed by atoms with Crippen LogP contribution in [0.4, 0.5) is 0 Å². The van der Waals surface area contributed by atoms with Crippen LogP contribution >= 0.6 is 11.8 Å². The summed E-state index contributed by atoms with van der Waals surface area (Å²) in [6, 6.07) is 10.3. The van der Waals surface area contributed by atoms with Crippen LogP contribution in [0.2, 0.25) is 0 Å². The molecule has 1 heterocycles. The molecule has 1 nitrogen and oxygen atoms in total. The van der Waals surface area contributed by atoms with E-state index in [0.717, 1.165) is 12.0 Å². The lowest BCUT2D eigenvalue weighted by Crippen LogP contribution is -2.40. The van der Waals surface area contributed by atoms with Gasteiger partial charge in [0.25, 0.3) is 0 Å². The van der Waals surface area contributed by atoms with Gasteiger partial charge in [-0.25, -0.2) is 0 Å². The fourth-order valence-corrected chi connectivity index (χ4v) is 5.02. The summed E-state index contributed by atoms with van der Waals surface area (Å²) in [6.45, 7) is 2.36. The smallest absolute Gasteiger partial charge is 0.0341 e. The van der Waals surface area contributed by atoms with Crippen LogP contribution in [0.1, 0.15) is 63.5 Å². The van der Waals surface area contributed by atoms with Crippen molar-refractivity contribution in [1.29, 1.82) is 0 Å². The van der Waals surface area contributed by atoms with Crippen LogP contribution in [0.5, 0.6) is 0 Å². The van der Waals surface area contributed by atoms with E-state index in [2.05, 4.69) is 36.5 Å². The molecule has 0 aromatic heterocycles. The Morgan fingerprint density at radius 3 is 2.75 bits per heavy atom. The van der Waals surface area contributed by atoms with Crippen molar-refractivity contribution in [2.75, 3.05) is 5.75 Å². The van der Waals surface area contributed by atoms with Gasteiger partial charge in [-0.1, -0.05) is 44.4 Å². The Hall–Kier alpha value is -0.470. The van der Waals surface area contributed by atoms with Crippen LogP contribution in [0.15, 0.2) is 29.2 Å². The first kappa shape index (κ1) is 14.5. The van der Waals surface area contributed by atoms with E-state index in [4.69, 9.17) is 0 Å². The summed E-state index contributed by atoms with van der Waals surface area (Å²) in [6.07, 6.45) is 9.78. The quantitative estimate of drug-likeness (QED) is 0.820. The Kier molecular flexibility index (Phi) is 5.06. The molecule has 1 N–H and O–H groups in total. The predicted molar refractivity (Wildman–Crippen MR) is 88.3 cm³/mol. The minimum atomic E-state index is 0.583. The molecular weight excluding hydrogens is 262 g/mol. The average Bonchev–Trinajstić information content (AvgIpc) is 2.53. The predicted octanol–water partition coefficient (Wildman–Crippen LogP) is 5.17. The molecule has 2 unspecified atom stereocenters. The Bertz CT molecular complexity index is 425. The van der Waals surface area contributed by atoms with E-state index >= 15 is 0 Å². The summed E-state index contributed by atoms with van der Waals surface area (Å²) >= 11 is 2.02. The maximum absolute atomic E-state index is 4.02. The van der Waals surface area contributed by atoms with Gasteiger partial charge in [0, 0.05) is 17.0 Å². The average molecular weight is 289 g/mol. The molecule has 1 saturated carbocycles. The molecule has 2 aliphatic rings. The van der Waals surface area contributed by atoms with Gasteiger partial charge in [-0.2, -0.15) is 0 Å². The molecule has 1 fully saturated rings. The number of hydrogen-bond donors (Lipinski definition) is 1. The maximum atomic E-state index is 4.02. The van der Waals surface area contributed by atoms with E-state index < -0.39 is 0 Å². The zero-order valence-corrected chi connectivity index (χ0v) is 13.4. The standard InChI is InChI=1S/C18H27NS/c1-2-16(14-8-4-3-5-9-14)19-17-12-13-20-18-11-7-6-10-15(17)18/h6-7,10-11,14,16-17,19H,2-5,8-9,12-13H2,1H3. The molecule has 110 valence electrons. The van der Waals surface area contributed by atoms with E-state index in [1.165, 1.54) is 61.2 Å². The Labute approximate surface area is 127 Å². The van der Waals surface area contributed by atoms with Crippen LogP contribution in [-0.4, -0.2) is 11.8 Å². The molecule has 1 aromatic rings. The number of nitrogens with one attached hydrogen (secondary N) is 1. The van der Waals surface area contributed by atoms with E-state index in [0.29, 0.717) is 6.04 Å². The lowest BCUT2D eigenvalue weighted by molar-refractivity contribution is 0.243. The minimum absolute atomic E-state index is 0.583. The third-order valence-corrected chi connectivity index (χ3v) is 6.16. The number of benzene rings is 1. The zero-order chi connectivity index (χ0) is 13.8. The molecule has 0 radical (unpaired) electrons. The highest BCUT2D eigenvalue weighted by Gasteiger charge is 2.27. The van der Waals surface area contributed by atoms with Gasteiger partial charge in [-0.15, -0.1) is 11.8 Å². The van der Waals surface area contributed by atoms with Gasteiger partial charge in [-0.05, 0) is 49.0 Å². The first-order valence-electron chi connectivity index (χ1n) is 8.36. The molecule has 20 heavy (non-hydrogen) atoms. The Balaban J connectivity index is 1.70. The fourth-order valence-electron chi connectivity index (χ4n) is 3.90. The van der Waals surface area contributed by atoms with Gasteiger partial charge >= 0.3 is 0 Å². The van der Waals surface area contributed by atoms with Crippen LogP contribution in [-0.2, 0) is 0 Å². The fraction of sp³-hybridized carbons (Fsp3) is 0.667. The number of thioether (sulfide) groups is 1. The number of rotatable bonds is 4. The lowest BCUT2D eigenvalue weighted by Gasteiger charge is -2.35. The van der Waals surface area contributed by atoms with Crippen molar-refractivity contribution in [1.82, 2.24) is 5.32 Å². The monoisotopic (exact) mass is 289 g/mol. The van der Waals surface area contributed by atoms with E-state index in [1.807, 2.05) is 11.8 Å². The molecule has 1 aliphatic carbocycles. The second-order valence-corrected chi connectivity index (χ2v) is 7.44. The summed E-state index contributed by atoms with van der Waals surface area (Å²) in [5.74, 6) is 2.17. The van der Waals surface area contributed by atoms with Gasteiger partial charge in [0.1, 0.15) is 0 Å². The molecule has 1 aliphatic heterocycles. The van der Waals surface area contributed by atoms with E-state index in [9.17, 15) is 0 Å². The largest absolute Gasteiger partial charge is 0.307 e. The summed E-state index contributed by atoms with van der Waals surface area (Å²) in [7, 11) is 0. The SMILES string of the molecule is CCC(NC1CCSc2ccccc21)C1CCCCC1. The first-order chi connectivity index (χ1) is 9.88. The molecule has 0 saturated heterocycles. The molecule has 0 amide bonds. The minimum Gasteiger partial charge on any atom is -0.307 e. The molecule has 2 atom stereocenters. The summed E-state index contributed by atoms with van der Waals surface area (Å²) in [5, 5.41) is 4.02. The lowest BCUT2D eigenvalue weighted by atomic mass is 9.82. The Morgan fingerprint density at radius 2 is 1.95 bits per heavy atom. The van der Waals surface area contributed by atoms with E-state index in [-0.39, 0.29) is 0 Å². The van der Waals surface area contributed by atoms with Gasteiger partial charge in [0.15, 0.2) is 0 Å². The highest BCUT2D eigenvalue weighted by molar-refractivity contribution is 7.99. The number of fused-ring (bicyclic) bond motifs is 1. The van der Waals surface area contributed by atoms with Gasteiger partial charge < -0.3 is 5.32 Å². The molecule has 2 heteroatoms. The zero-order valence-electron chi connectivity index (χ0n) is 12.6. The topological polar surface area (TPSA) is 12.0 Å². The highest BCUT2D eigenvalue weighted by atomic mass is 32.2. The van der Waals surface area contributed by atoms with Gasteiger partial charge in [0.2, 0.25) is 0 Å². The second kappa shape index (κ2) is 7.00. The second-order valence-electron chi connectivity index (χ2n) is 6.31. The van der Waals surface area contributed by atoms with Crippen LogP contribution in [0, 0.1) is 5.92 Å². The van der Waals surface area contributed by atoms with Crippen LogP contribution in [0.3, 0.4) is 0 Å². The van der Waals surface area contributed by atoms with Crippen LogP contribution in [0.25, 0.3) is 0 Å². The summed E-state index contributed by atoms with van der Waals surface area (Å²) in [5.41, 5.74) is 1.54. The highest BCUT2D eigenvalue weighted by Crippen LogP contribution is 2.37. The van der Waals surface area contributed by atoms with Crippen molar-refractivity contribution in [2.45, 2.75) is 68.8 Å². The number of hydrogen-bond acceptors (Lipinski definition) is 2. The van der Waals surface area contributed by atoms with Crippen molar-refractivity contribution in [3.8, 4) is 0 Å². The van der Waals surface area contributed by atoms with Crippen LogP contribution < -0.4 is 5.32 Å². The van der Waals surface area contributed by atoms with Crippen molar-refractivity contribution in [3.63, 3.8) is 0 Å². The third-order valence-electron chi connectivity index (χ3n) is 5.03. The molecule has 0 spiro atoms. The van der Waals surface area contributed by atoms with Crippen molar-refractivity contribution < 1.29 is 0 Å². The molecule has 1 aromatic carbocycles. The molecule has 3 rings (SSSR count). The first-order valence-corrected chi connectivity index (χ1v) is 9.35. The summed E-state index contributed by atoms with van der Waals surface area (Å²) < 4.78 is 0. The Morgan fingerprint density at radius 1 is 1.15 bits per heavy atom. The van der Waals surface area contributed by atoms with Crippen molar-refractivity contribution >= 4 is 11.8 Å². The summed E-state index contributed by atoms with van der Waals surface area (Å²) in [4.78, 5) is 1.50. The van der Waals surface area contributed by atoms with Gasteiger partial charge in [0.05, 0.1) is 0 Å². The third kappa shape index (κ3) is 3.23. The maximum Gasteiger partial charge on any atom is 0.0341 e. The van der Waals surface area contributed by atoms with Gasteiger partial charge in [-0.3, -0.25) is 0 Å². The van der Waals surface area contributed by atoms with E-state index in [1.54, 1.807) is 0 Å². The van der Waals surface area contributed by atoms with Crippen molar-refractivity contribution in [3.05, 3.63) is 29.8 Å². The normalized spacial score (nSPS) is 25.1. The molecular formula is C18H27NS.